The van der Waals surface area contributed by atoms with E-state index in [1.165, 1.54) is 31.4 Å². The lowest BCUT2D eigenvalue weighted by Gasteiger charge is -2.12. The molecular formula is C18H13BrFNO4. The number of nitriles is 1. The van der Waals surface area contributed by atoms with E-state index in [4.69, 9.17) is 14.6 Å². The second-order valence-electron chi connectivity index (χ2n) is 4.86. The molecule has 0 aliphatic carbocycles. The summed E-state index contributed by atoms with van der Waals surface area (Å²) < 4.78 is 24.8. The highest BCUT2D eigenvalue weighted by Gasteiger charge is 2.13. The van der Waals surface area contributed by atoms with Gasteiger partial charge in [-0.3, -0.25) is 0 Å². The normalized spacial score (nSPS) is 10.9. The van der Waals surface area contributed by atoms with E-state index in [-0.39, 0.29) is 16.9 Å². The molecule has 0 heterocycles. The second-order valence-corrected chi connectivity index (χ2v) is 5.71. The van der Waals surface area contributed by atoms with Gasteiger partial charge in [0.1, 0.15) is 5.82 Å². The Bertz CT molecular complexity index is 874. The maximum absolute atomic E-state index is 13.9. The Labute approximate surface area is 152 Å². The van der Waals surface area contributed by atoms with Crippen LogP contribution in [0.2, 0.25) is 0 Å². The van der Waals surface area contributed by atoms with Gasteiger partial charge in [-0.05, 0) is 29.8 Å². The van der Waals surface area contributed by atoms with Gasteiger partial charge in [-0.2, -0.15) is 5.26 Å². The number of carbonyl (C=O) groups is 1. The van der Waals surface area contributed by atoms with E-state index < -0.39 is 18.4 Å². The molecule has 2 aromatic rings. The van der Waals surface area contributed by atoms with Gasteiger partial charge in [0.25, 0.3) is 0 Å². The van der Waals surface area contributed by atoms with Crippen molar-refractivity contribution in [2.45, 2.75) is 0 Å². The first-order valence-electron chi connectivity index (χ1n) is 7.05. The van der Waals surface area contributed by atoms with E-state index in [1.54, 1.807) is 18.2 Å². The Morgan fingerprint density at radius 2 is 2.08 bits per heavy atom. The topological polar surface area (TPSA) is 79.5 Å². The van der Waals surface area contributed by atoms with Crippen LogP contribution >= 0.6 is 15.9 Å². The van der Waals surface area contributed by atoms with Gasteiger partial charge in [0, 0.05) is 10.0 Å². The molecule has 0 atom stereocenters. The van der Waals surface area contributed by atoms with Gasteiger partial charge in [0.05, 0.1) is 18.8 Å². The minimum Gasteiger partial charge on any atom is -0.493 e. The fraction of sp³-hybridized carbons (Fsp3) is 0.111. The first-order chi connectivity index (χ1) is 12.0. The Morgan fingerprint density at radius 3 is 2.68 bits per heavy atom. The third-order valence-corrected chi connectivity index (χ3v) is 3.91. The molecule has 2 aromatic carbocycles. The smallest absolute Gasteiger partial charge is 0.341 e. The van der Waals surface area contributed by atoms with Gasteiger partial charge in [-0.25, -0.2) is 9.18 Å². The number of methoxy groups -OCH3 is 1. The third-order valence-electron chi connectivity index (χ3n) is 3.22. The van der Waals surface area contributed by atoms with Crippen molar-refractivity contribution < 1.29 is 23.8 Å². The van der Waals surface area contributed by atoms with Crippen LogP contribution in [0.1, 0.15) is 11.1 Å². The number of carboxylic acids is 1. The Hall–Kier alpha value is -2.85. The Balaban J connectivity index is 2.46. The highest BCUT2D eigenvalue weighted by atomic mass is 79.9. The lowest BCUT2D eigenvalue weighted by Crippen LogP contribution is -2.10. The minimum atomic E-state index is -1.12. The predicted molar refractivity (Wildman–Crippen MR) is 93.7 cm³/mol. The van der Waals surface area contributed by atoms with Crippen molar-refractivity contribution in [3.63, 3.8) is 0 Å². The molecule has 0 radical (unpaired) electrons. The molecule has 0 fully saturated rings. The molecule has 0 bridgehead atoms. The Morgan fingerprint density at radius 1 is 1.36 bits per heavy atom. The lowest BCUT2D eigenvalue weighted by molar-refractivity contribution is -0.139. The largest absolute Gasteiger partial charge is 0.493 e. The number of nitrogens with zero attached hydrogens (tertiary/aromatic N) is 1. The number of aliphatic carboxylic acids is 1. The van der Waals surface area contributed by atoms with Gasteiger partial charge < -0.3 is 14.6 Å². The number of ether oxygens (including phenoxy) is 2. The Kier molecular flexibility index (Phi) is 6.14. The van der Waals surface area contributed by atoms with E-state index >= 15 is 0 Å². The summed E-state index contributed by atoms with van der Waals surface area (Å²) in [6, 6.07) is 11.1. The van der Waals surface area contributed by atoms with Crippen LogP contribution in [0, 0.1) is 17.1 Å². The summed E-state index contributed by atoms with van der Waals surface area (Å²) in [7, 11) is 1.41. The number of benzene rings is 2. The molecule has 0 aliphatic heterocycles. The molecule has 0 saturated heterocycles. The average Bonchev–Trinajstić information content (AvgIpc) is 2.59. The average molecular weight is 406 g/mol. The highest BCUT2D eigenvalue weighted by Crippen LogP contribution is 2.35. The van der Waals surface area contributed by atoms with Gasteiger partial charge >= 0.3 is 5.97 Å². The molecule has 0 spiro atoms. The van der Waals surface area contributed by atoms with E-state index in [0.29, 0.717) is 15.8 Å². The summed E-state index contributed by atoms with van der Waals surface area (Å²) in [5.74, 6) is -1.09. The van der Waals surface area contributed by atoms with Gasteiger partial charge in [-0.15, -0.1) is 0 Å². The summed E-state index contributed by atoms with van der Waals surface area (Å²) in [5.41, 5.74) is 0.876. The maximum Gasteiger partial charge on any atom is 0.341 e. The van der Waals surface area contributed by atoms with Crippen LogP contribution in [0.15, 0.2) is 40.9 Å². The summed E-state index contributed by atoms with van der Waals surface area (Å²) in [6.45, 7) is -0.517. The molecule has 128 valence electrons. The van der Waals surface area contributed by atoms with E-state index in [9.17, 15) is 14.4 Å². The quantitative estimate of drug-likeness (QED) is 0.577. The van der Waals surface area contributed by atoms with Crippen LogP contribution in [0.5, 0.6) is 11.5 Å². The van der Waals surface area contributed by atoms with Crippen molar-refractivity contribution in [3.8, 4) is 17.6 Å². The molecule has 0 aromatic heterocycles. The predicted octanol–water partition coefficient (Wildman–Crippen LogP) is 4.12. The highest BCUT2D eigenvalue weighted by molar-refractivity contribution is 9.10. The first-order valence-corrected chi connectivity index (χ1v) is 7.84. The fourth-order valence-electron chi connectivity index (χ4n) is 2.08. The van der Waals surface area contributed by atoms with Crippen molar-refractivity contribution in [3.05, 3.63) is 57.8 Å². The number of allylic oxidation sites excluding steroid dienone is 1. The molecule has 7 heteroatoms. The maximum atomic E-state index is 13.9. The summed E-state index contributed by atoms with van der Waals surface area (Å²) in [5, 5.41) is 18.1. The van der Waals surface area contributed by atoms with E-state index in [1.807, 2.05) is 6.07 Å². The van der Waals surface area contributed by atoms with Crippen molar-refractivity contribution in [1.82, 2.24) is 0 Å². The zero-order chi connectivity index (χ0) is 18.4. The standard InChI is InChI=1S/C18H13BrFNO4/c1-24-16-7-11(14(19)8-17(16)25-10-18(22)23)6-12(9-21)13-4-2-3-5-15(13)20/h2-8H,10H2,1H3,(H,22,23)/b12-6-. The molecule has 0 unspecified atom stereocenters. The van der Waals surface area contributed by atoms with Crippen molar-refractivity contribution >= 4 is 33.5 Å². The number of rotatable bonds is 6. The molecule has 1 N–H and O–H groups in total. The van der Waals surface area contributed by atoms with E-state index in [0.717, 1.165) is 0 Å². The number of carboxylic acid groups (broad SMARTS) is 1. The van der Waals surface area contributed by atoms with Crippen LogP contribution in [0.25, 0.3) is 11.6 Å². The molecule has 5 nitrogen and oxygen atoms in total. The van der Waals surface area contributed by atoms with E-state index in [2.05, 4.69) is 15.9 Å². The van der Waals surface area contributed by atoms with Gasteiger partial charge in [0.15, 0.2) is 18.1 Å². The SMILES string of the molecule is COc1cc(/C=C(/C#N)c2ccccc2F)c(Br)cc1OCC(=O)O. The van der Waals surface area contributed by atoms with Crippen LogP contribution in [0.3, 0.4) is 0 Å². The number of hydrogen-bond donors (Lipinski definition) is 1. The zero-order valence-electron chi connectivity index (χ0n) is 13.1. The van der Waals surface area contributed by atoms with Gasteiger partial charge in [0.2, 0.25) is 0 Å². The zero-order valence-corrected chi connectivity index (χ0v) is 14.7. The lowest BCUT2D eigenvalue weighted by atomic mass is 10.0. The van der Waals surface area contributed by atoms with Crippen LogP contribution in [-0.4, -0.2) is 24.8 Å². The number of halogens is 2. The molecule has 0 aliphatic rings. The van der Waals surface area contributed by atoms with Crippen molar-refractivity contribution in [2.24, 2.45) is 0 Å². The molecule has 0 saturated carbocycles. The van der Waals surface area contributed by atoms with Crippen LogP contribution < -0.4 is 9.47 Å². The molecule has 0 amide bonds. The fourth-order valence-corrected chi connectivity index (χ4v) is 2.52. The minimum absolute atomic E-state index is 0.139. The van der Waals surface area contributed by atoms with Crippen molar-refractivity contribution in [1.29, 1.82) is 5.26 Å². The second kappa shape index (κ2) is 8.31. The molecule has 25 heavy (non-hydrogen) atoms. The van der Waals surface area contributed by atoms with Crippen molar-refractivity contribution in [2.75, 3.05) is 13.7 Å². The first kappa shape index (κ1) is 18.5. The van der Waals surface area contributed by atoms with Gasteiger partial charge in [-0.1, -0.05) is 34.1 Å². The third kappa shape index (κ3) is 4.58. The monoisotopic (exact) mass is 405 g/mol. The van der Waals surface area contributed by atoms with Crippen LogP contribution in [0.4, 0.5) is 4.39 Å². The summed E-state index contributed by atoms with van der Waals surface area (Å²) in [4.78, 5) is 10.6. The summed E-state index contributed by atoms with van der Waals surface area (Å²) >= 11 is 3.34. The summed E-state index contributed by atoms with van der Waals surface area (Å²) in [6.07, 6.45) is 1.51. The molecule has 2 rings (SSSR count). The molecular weight excluding hydrogens is 393 g/mol. The number of hydrogen-bond acceptors (Lipinski definition) is 4. The van der Waals surface area contributed by atoms with Crippen LogP contribution in [-0.2, 0) is 4.79 Å².